The van der Waals surface area contributed by atoms with Gasteiger partial charge in [-0.25, -0.2) is 0 Å². The van der Waals surface area contributed by atoms with E-state index >= 15 is 0 Å². The van der Waals surface area contributed by atoms with Gasteiger partial charge in [0.25, 0.3) is 11.6 Å². The number of anilines is 2. The smallest absolute Gasteiger partial charge is 0.291 e. The van der Waals surface area contributed by atoms with Crippen molar-refractivity contribution < 1.29 is 18.9 Å². The molecule has 35 heavy (non-hydrogen) atoms. The zero-order chi connectivity index (χ0) is 25.1. The first-order valence-electron chi connectivity index (χ1n) is 11.2. The van der Waals surface area contributed by atoms with Crippen molar-refractivity contribution in [1.82, 2.24) is 4.90 Å². The van der Waals surface area contributed by atoms with Crippen LogP contribution in [-0.2, 0) is 4.79 Å². The number of carbonyl (C=O) groups is 2. The summed E-state index contributed by atoms with van der Waals surface area (Å²) in [7, 11) is 0. The third-order valence-corrected chi connectivity index (χ3v) is 6.14. The number of amides is 2. The van der Waals surface area contributed by atoms with Gasteiger partial charge in [-0.3, -0.25) is 19.7 Å². The van der Waals surface area contributed by atoms with Crippen LogP contribution in [0.5, 0.6) is 0 Å². The maximum absolute atomic E-state index is 13.0. The van der Waals surface area contributed by atoms with Crippen molar-refractivity contribution in [3.8, 4) is 11.3 Å². The van der Waals surface area contributed by atoms with E-state index in [1.165, 1.54) is 18.2 Å². The van der Waals surface area contributed by atoms with Gasteiger partial charge in [-0.05, 0) is 30.3 Å². The number of furan rings is 1. The van der Waals surface area contributed by atoms with Gasteiger partial charge in [-0.2, -0.15) is 0 Å². The van der Waals surface area contributed by atoms with Gasteiger partial charge in [0.15, 0.2) is 5.76 Å². The number of para-hydroxylation sites is 2. The molecule has 1 aliphatic rings. The minimum Gasteiger partial charge on any atom is -0.451 e. The number of nitrogens with zero attached hydrogens (tertiary/aromatic N) is 3. The molecule has 3 aromatic rings. The molecule has 182 valence electrons. The highest BCUT2D eigenvalue weighted by Crippen LogP contribution is 2.36. The van der Waals surface area contributed by atoms with Crippen molar-refractivity contribution in [2.24, 2.45) is 5.92 Å². The molecule has 1 N–H and O–H groups in total. The van der Waals surface area contributed by atoms with E-state index in [4.69, 9.17) is 16.0 Å². The van der Waals surface area contributed by atoms with Gasteiger partial charge in [0.1, 0.15) is 5.76 Å². The first-order valence-corrected chi connectivity index (χ1v) is 11.6. The fourth-order valence-corrected chi connectivity index (χ4v) is 4.38. The van der Waals surface area contributed by atoms with Crippen LogP contribution in [0.4, 0.5) is 17.1 Å². The van der Waals surface area contributed by atoms with E-state index in [0.29, 0.717) is 42.6 Å². The summed E-state index contributed by atoms with van der Waals surface area (Å²) in [4.78, 5) is 40.0. The number of hydrogen-bond acceptors (Lipinski definition) is 6. The van der Waals surface area contributed by atoms with E-state index in [1.54, 1.807) is 36.4 Å². The molecule has 1 saturated heterocycles. The van der Waals surface area contributed by atoms with Crippen LogP contribution in [0.25, 0.3) is 11.3 Å². The van der Waals surface area contributed by atoms with Crippen LogP contribution in [0.15, 0.2) is 59.0 Å². The summed E-state index contributed by atoms with van der Waals surface area (Å²) in [6.45, 7) is 6.04. The van der Waals surface area contributed by atoms with Gasteiger partial charge in [0.05, 0.1) is 26.9 Å². The number of nitrogens with one attached hydrogen (secondary N) is 1. The number of piperazine rings is 1. The zero-order valence-corrected chi connectivity index (χ0v) is 20.1. The quantitative estimate of drug-likeness (QED) is 0.377. The number of rotatable bonds is 6. The van der Waals surface area contributed by atoms with Gasteiger partial charge in [-0.1, -0.05) is 43.6 Å². The van der Waals surface area contributed by atoms with E-state index in [9.17, 15) is 19.7 Å². The Morgan fingerprint density at radius 2 is 1.74 bits per heavy atom. The second-order valence-corrected chi connectivity index (χ2v) is 8.90. The number of nitro benzene ring substituents is 1. The number of carbonyl (C=O) groups excluding carboxylic acids is 2. The SMILES string of the molecule is CC(C)C(=O)N1CCN(c2c(Cl)cccc2NC(=O)c2ccc(-c3ccccc3[N+](=O)[O-])o2)CC1. The minimum absolute atomic E-state index is 0.0106. The molecule has 0 spiro atoms. The summed E-state index contributed by atoms with van der Waals surface area (Å²) in [5, 5.41) is 14.7. The normalized spacial score (nSPS) is 13.7. The van der Waals surface area contributed by atoms with Crippen LogP contribution in [0.1, 0.15) is 24.4 Å². The molecule has 2 amide bonds. The Morgan fingerprint density at radius 3 is 2.43 bits per heavy atom. The predicted molar refractivity (Wildman–Crippen MR) is 134 cm³/mol. The molecule has 2 heterocycles. The molecule has 0 unspecified atom stereocenters. The number of hydrogen-bond donors (Lipinski definition) is 1. The highest BCUT2D eigenvalue weighted by molar-refractivity contribution is 6.34. The molecule has 0 aliphatic carbocycles. The lowest BCUT2D eigenvalue weighted by Gasteiger charge is -2.38. The van der Waals surface area contributed by atoms with Gasteiger partial charge in [0, 0.05) is 38.2 Å². The predicted octanol–water partition coefficient (Wildman–Crippen LogP) is 5.07. The maximum Gasteiger partial charge on any atom is 0.291 e. The summed E-state index contributed by atoms with van der Waals surface area (Å²) in [6.07, 6.45) is 0. The lowest BCUT2D eigenvalue weighted by atomic mass is 10.1. The molecule has 0 bridgehead atoms. The number of benzene rings is 2. The van der Waals surface area contributed by atoms with E-state index in [0.717, 1.165) is 0 Å². The van der Waals surface area contributed by atoms with Gasteiger partial charge >= 0.3 is 0 Å². The van der Waals surface area contributed by atoms with Crippen LogP contribution in [0.2, 0.25) is 5.02 Å². The molecule has 9 nitrogen and oxygen atoms in total. The first kappa shape index (κ1) is 24.3. The van der Waals surface area contributed by atoms with Crippen LogP contribution in [0, 0.1) is 16.0 Å². The van der Waals surface area contributed by atoms with Crippen molar-refractivity contribution in [2.45, 2.75) is 13.8 Å². The summed E-state index contributed by atoms with van der Waals surface area (Å²) in [6, 6.07) is 14.4. The highest BCUT2D eigenvalue weighted by atomic mass is 35.5. The van der Waals surface area contributed by atoms with Crippen molar-refractivity contribution in [2.75, 3.05) is 36.4 Å². The van der Waals surface area contributed by atoms with Crippen LogP contribution in [0.3, 0.4) is 0 Å². The lowest BCUT2D eigenvalue weighted by Crippen LogP contribution is -2.50. The average Bonchev–Trinajstić information content (AvgIpc) is 3.34. The molecule has 1 aromatic heterocycles. The van der Waals surface area contributed by atoms with E-state index < -0.39 is 10.8 Å². The Labute approximate surface area is 207 Å². The van der Waals surface area contributed by atoms with Crippen molar-refractivity contribution in [3.05, 3.63) is 75.5 Å². The van der Waals surface area contributed by atoms with E-state index in [1.807, 2.05) is 23.6 Å². The van der Waals surface area contributed by atoms with E-state index in [2.05, 4.69) is 5.32 Å². The molecule has 2 aromatic carbocycles. The summed E-state index contributed by atoms with van der Waals surface area (Å²) < 4.78 is 5.67. The second-order valence-electron chi connectivity index (χ2n) is 8.50. The fourth-order valence-electron chi connectivity index (χ4n) is 4.08. The topological polar surface area (TPSA) is 109 Å². The molecule has 10 heteroatoms. The Bertz CT molecular complexity index is 1260. The molecule has 1 fully saturated rings. The Hall–Kier alpha value is -3.85. The van der Waals surface area contributed by atoms with Crippen LogP contribution in [-0.4, -0.2) is 47.8 Å². The molecular weight excluding hydrogens is 472 g/mol. The maximum atomic E-state index is 13.0. The molecule has 4 rings (SSSR count). The van der Waals surface area contributed by atoms with Crippen molar-refractivity contribution >= 4 is 40.5 Å². The molecule has 0 atom stereocenters. The number of halogens is 1. The Kier molecular flexibility index (Phi) is 7.07. The molecular formula is C25H25ClN4O5. The Morgan fingerprint density at radius 1 is 1.03 bits per heavy atom. The fraction of sp³-hybridized carbons (Fsp3) is 0.280. The third kappa shape index (κ3) is 5.14. The summed E-state index contributed by atoms with van der Waals surface area (Å²) >= 11 is 6.51. The van der Waals surface area contributed by atoms with Crippen molar-refractivity contribution in [1.29, 1.82) is 0 Å². The van der Waals surface area contributed by atoms with Gasteiger partial charge in [-0.15, -0.1) is 0 Å². The monoisotopic (exact) mass is 496 g/mol. The lowest BCUT2D eigenvalue weighted by molar-refractivity contribution is -0.384. The Balaban J connectivity index is 1.53. The highest BCUT2D eigenvalue weighted by Gasteiger charge is 2.26. The zero-order valence-electron chi connectivity index (χ0n) is 19.4. The second kappa shape index (κ2) is 10.2. The van der Waals surface area contributed by atoms with E-state index in [-0.39, 0.29) is 34.6 Å². The van der Waals surface area contributed by atoms with Gasteiger partial charge in [0.2, 0.25) is 5.91 Å². The summed E-state index contributed by atoms with van der Waals surface area (Å²) in [5.41, 5.74) is 1.36. The molecule has 0 saturated carbocycles. The standard InChI is InChI=1S/C25H25ClN4O5/c1-16(2)25(32)29-14-12-28(13-15-29)23-18(26)7-5-8-19(23)27-24(31)22-11-10-21(35-22)17-6-3-4-9-20(17)30(33)34/h3-11,16H,12-15H2,1-2H3,(H,27,31). The minimum atomic E-state index is -0.507. The summed E-state index contributed by atoms with van der Waals surface area (Å²) in [5.74, 6) is -0.222. The molecule has 0 radical (unpaired) electrons. The first-order chi connectivity index (χ1) is 16.8. The largest absolute Gasteiger partial charge is 0.451 e. The van der Waals surface area contributed by atoms with Crippen LogP contribution >= 0.6 is 11.6 Å². The molecule has 1 aliphatic heterocycles. The third-order valence-electron chi connectivity index (χ3n) is 5.83. The number of nitro groups is 1. The van der Waals surface area contributed by atoms with Crippen LogP contribution < -0.4 is 10.2 Å². The van der Waals surface area contributed by atoms with Crippen molar-refractivity contribution in [3.63, 3.8) is 0 Å². The van der Waals surface area contributed by atoms with Gasteiger partial charge < -0.3 is 19.5 Å². The average molecular weight is 497 g/mol.